The molecule has 2 aromatic carbocycles. The Kier molecular flexibility index (Phi) is 21.3. The Morgan fingerprint density at radius 2 is 0.952 bits per heavy atom. The maximum absolute atomic E-state index is 3.50. The standard InChI is InChI=1S/2C7H9.2C2H6N.Zr/c2*1-6-4-3-5-7(6)2;2*1-3-2;/h2*3-5H,1-2H3;2*1-2H3;/q4*-1;+4. The second-order valence-electron chi connectivity index (χ2n) is 4.68. The first-order valence-electron chi connectivity index (χ1n) is 6.78. The average Bonchev–Trinajstić information content (AvgIpc) is 2.93. The summed E-state index contributed by atoms with van der Waals surface area (Å²) < 4.78 is 0. The predicted molar refractivity (Wildman–Crippen MR) is 93.4 cm³/mol. The molecule has 0 fully saturated rings. The van der Waals surface area contributed by atoms with Crippen LogP contribution in [0, 0.1) is 27.7 Å². The van der Waals surface area contributed by atoms with Crippen LogP contribution in [-0.4, -0.2) is 28.2 Å². The van der Waals surface area contributed by atoms with Gasteiger partial charge in [-0.25, -0.2) is 24.3 Å². The molecule has 21 heavy (non-hydrogen) atoms. The molecule has 3 heteroatoms. The van der Waals surface area contributed by atoms with Crippen molar-refractivity contribution >= 4 is 0 Å². The van der Waals surface area contributed by atoms with Gasteiger partial charge in [-0.1, -0.05) is 27.7 Å². The molecule has 2 aromatic rings. The van der Waals surface area contributed by atoms with Gasteiger partial charge in [0.25, 0.3) is 0 Å². The van der Waals surface area contributed by atoms with Gasteiger partial charge < -0.3 is 10.6 Å². The number of hydrogen-bond acceptors (Lipinski definition) is 0. The van der Waals surface area contributed by atoms with E-state index in [9.17, 15) is 0 Å². The summed E-state index contributed by atoms with van der Waals surface area (Å²) in [5.74, 6) is 0. The summed E-state index contributed by atoms with van der Waals surface area (Å²) >= 11 is 0. The Morgan fingerprint density at radius 1 is 0.714 bits per heavy atom. The Hall–Kier alpha value is -0.497. The molecule has 0 spiro atoms. The molecule has 0 aromatic heterocycles. The van der Waals surface area contributed by atoms with E-state index in [1.165, 1.54) is 22.3 Å². The average molecular weight is 366 g/mol. The molecule has 0 aliphatic carbocycles. The van der Waals surface area contributed by atoms with Crippen LogP contribution in [0.3, 0.4) is 0 Å². The van der Waals surface area contributed by atoms with Crippen molar-refractivity contribution < 1.29 is 26.2 Å². The molecule has 0 radical (unpaired) electrons. The van der Waals surface area contributed by atoms with Gasteiger partial charge in [-0.15, -0.1) is 0 Å². The third-order valence-corrected chi connectivity index (χ3v) is 2.63. The van der Waals surface area contributed by atoms with Crippen molar-refractivity contribution in [3.8, 4) is 0 Å². The van der Waals surface area contributed by atoms with Gasteiger partial charge in [0, 0.05) is 0 Å². The zero-order valence-electron chi connectivity index (χ0n) is 14.9. The fraction of sp³-hybridized carbons (Fsp3) is 0.444. The number of rotatable bonds is 0. The number of hydrogen-bond donors (Lipinski definition) is 0. The minimum atomic E-state index is 0. The smallest absolute Gasteiger partial charge is 0.668 e. The van der Waals surface area contributed by atoms with Crippen molar-refractivity contribution in [2.75, 3.05) is 28.2 Å². The van der Waals surface area contributed by atoms with Crippen LogP contribution < -0.4 is 0 Å². The van der Waals surface area contributed by atoms with E-state index in [1.54, 1.807) is 28.2 Å². The van der Waals surface area contributed by atoms with E-state index in [-0.39, 0.29) is 26.2 Å². The van der Waals surface area contributed by atoms with Crippen LogP contribution in [-0.2, 0) is 26.2 Å². The van der Waals surface area contributed by atoms with Crippen LogP contribution in [0.4, 0.5) is 0 Å². The van der Waals surface area contributed by atoms with Crippen molar-refractivity contribution in [2.45, 2.75) is 27.7 Å². The minimum absolute atomic E-state index is 0. The van der Waals surface area contributed by atoms with Crippen LogP contribution >= 0.6 is 0 Å². The van der Waals surface area contributed by atoms with Crippen LogP contribution in [0.15, 0.2) is 36.4 Å². The molecule has 116 valence electrons. The zero-order valence-corrected chi connectivity index (χ0v) is 17.3. The Labute approximate surface area is 151 Å². The quantitative estimate of drug-likeness (QED) is 0.568. The van der Waals surface area contributed by atoms with Gasteiger partial charge in [-0.3, -0.25) is 0 Å². The van der Waals surface area contributed by atoms with Crippen molar-refractivity contribution in [3.63, 3.8) is 0 Å². The van der Waals surface area contributed by atoms with Crippen molar-refractivity contribution in [1.82, 2.24) is 0 Å². The Morgan fingerprint density at radius 3 is 1.00 bits per heavy atom. The van der Waals surface area contributed by atoms with Gasteiger partial charge in [-0.05, 0) is 0 Å². The summed E-state index contributed by atoms with van der Waals surface area (Å²) in [5.41, 5.74) is 5.56. The van der Waals surface area contributed by atoms with Gasteiger partial charge in [0.1, 0.15) is 0 Å². The molecule has 2 rings (SSSR count). The molecule has 0 aliphatic rings. The fourth-order valence-electron chi connectivity index (χ4n) is 1.20. The summed E-state index contributed by atoms with van der Waals surface area (Å²) in [7, 11) is 7.00. The van der Waals surface area contributed by atoms with Gasteiger partial charge in [0.2, 0.25) is 0 Å². The molecule has 0 amide bonds. The molecule has 0 saturated heterocycles. The second-order valence-corrected chi connectivity index (χ2v) is 4.68. The van der Waals surface area contributed by atoms with Crippen LogP contribution in [0.5, 0.6) is 0 Å². The van der Waals surface area contributed by atoms with E-state index in [0.29, 0.717) is 0 Å². The number of aryl methyl sites for hydroxylation is 4. The summed E-state index contributed by atoms with van der Waals surface area (Å²) in [6, 6.07) is 12.6. The van der Waals surface area contributed by atoms with Crippen molar-refractivity contribution in [3.05, 3.63) is 69.3 Å². The molecule has 0 heterocycles. The van der Waals surface area contributed by atoms with E-state index in [2.05, 4.69) is 74.7 Å². The normalized spacial score (nSPS) is 8.00. The monoisotopic (exact) mass is 364 g/mol. The maximum atomic E-state index is 3.50. The molecular weight excluding hydrogens is 335 g/mol. The van der Waals surface area contributed by atoms with E-state index >= 15 is 0 Å². The van der Waals surface area contributed by atoms with Crippen molar-refractivity contribution in [1.29, 1.82) is 0 Å². The van der Waals surface area contributed by atoms with Crippen LogP contribution in [0.2, 0.25) is 0 Å². The first-order chi connectivity index (χ1) is 9.44. The molecule has 0 saturated carbocycles. The van der Waals surface area contributed by atoms with Crippen LogP contribution in [0.1, 0.15) is 22.3 Å². The third-order valence-electron chi connectivity index (χ3n) is 2.63. The van der Waals surface area contributed by atoms with E-state index in [4.69, 9.17) is 0 Å². The second kappa shape index (κ2) is 17.6. The molecule has 0 atom stereocenters. The summed E-state index contributed by atoms with van der Waals surface area (Å²) in [5, 5.41) is 7.00. The van der Waals surface area contributed by atoms with E-state index in [1.807, 2.05) is 0 Å². The van der Waals surface area contributed by atoms with Gasteiger partial charge in [0.15, 0.2) is 0 Å². The Balaban J connectivity index is -0.000000220. The summed E-state index contributed by atoms with van der Waals surface area (Å²) in [4.78, 5) is 0. The molecule has 0 aliphatic heterocycles. The van der Waals surface area contributed by atoms with E-state index < -0.39 is 0 Å². The Bertz CT molecular complexity index is 343. The van der Waals surface area contributed by atoms with Gasteiger partial charge >= 0.3 is 26.2 Å². The zero-order chi connectivity index (χ0) is 16.0. The number of nitrogens with zero attached hydrogens (tertiary/aromatic N) is 2. The molecule has 0 bridgehead atoms. The first-order valence-corrected chi connectivity index (χ1v) is 6.78. The molecule has 0 N–H and O–H groups in total. The molecule has 2 nitrogen and oxygen atoms in total. The molecular formula is C18H30N2Zr. The van der Waals surface area contributed by atoms with Gasteiger partial charge in [-0.2, -0.15) is 62.6 Å². The molecule has 0 unspecified atom stereocenters. The minimum Gasteiger partial charge on any atom is -0.668 e. The predicted octanol–water partition coefficient (Wildman–Crippen LogP) is 5.28. The fourth-order valence-corrected chi connectivity index (χ4v) is 1.20. The topological polar surface area (TPSA) is 28.2 Å². The summed E-state index contributed by atoms with van der Waals surface area (Å²) in [6.07, 6.45) is 0. The van der Waals surface area contributed by atoms with Crippen LogP contribution in [0.25, 0.3) is 10.6 Å². The SMILES string of the molecule is C[N-]C.C[N-]C.Cc1ccc[c-]1C.Cc1ccc[c-]1C.[Zr+4]. The largest absolute Gasteiger partial charge is 4.00 e. The van der Waals surface area contributed by atoms with Gasteiger partial charge in [0.05, 0.1) is 0 Å². The summed E-state index contributed by atoms with van der Waals surface area (Å²) in [6.45, 7) is 8.48. The van der Waals surface area contributed by atoms with Crippen molar-refractivity contribution in [2.24, 2.45) is 0 Å². The van der Waals surface area contributed by atoms with E-state index in [0.717, 1.165) is 0 Å². The third kappa shape index (κ3) is 15.7. The first kappa shape index (κ1) is 25.5. The maximum Gasteiger partial charge on any atom is 4.00 e.